The van der Waals surface area contributed by atoms with Gasteiger partial charge in [-0.15, -0.1) is 0 Å². The third-order valence-corrected chi connectivity index (χ3v) is 5.83. The zero-order valence-corrected chi connectivity index (χ0v) is 17.7. The van der Waals surface area contributed by atoms with Crippen molar-refractivity contribution in [3.05, 3.63) is 88.5 Å². The maximum absolute atomic E-state index is 13.1. The molecule has 0 aliphatic heterocycles. The molecule has 0 saturated heterocycles. The third kappa shape index (κ3) is 3.04. The number of amides is 1. The van der Waals surface area contributed by atoms with E-state index < -0.39 is 40.7 Å². The van der Waals surface area contributed by atoms with Gasteiger partial charge in [-0.2, -0.15) is 0 Å². The standard InChI is InChI=1S/C26H17NO7/c1-12-16-11-17-19(22(30)15-10-6-5-9-14(15)21(17)29)23(31)18(16)24(32)25(20(12)28)34-26(33)27-13-7-3-2-4-8-13/h2-11,28,31-32H,1H3,(H,27,33). The van der Waals surface area contributed by atoms with E-state index in [1.165, 1.54) is 25.1 Å². The number of ketones is 2. The fourth-order valence-electron chi connectivity index (χ4n) is 4.15. The number of phenols is 3. The minimum atomic E-state index is -0.992. The highest BCUT2D eigenvalue weighted by Gasteiger charge is 2.35. The van der Waals surface area contributed by atoms with Crippen LogP contribution in [0.3, 0.4) is 0 Å². The first-order valence-corrected chi connectivity index (χ1v) is 10.3. The van der Waals surface area contributed by atoms with Crippen LogP contribution < -0.4 is 10.1 Å². The Morgan fingerprint density at radius 3 is 2.09 bits per heavy atom. The summed E-state index contributed by atoms with van der Waals surface area (Å²) in [5, 5.41) is 34.9. The molecule has 4 aromatic rings. The van der Waals surface area contributed by atoms with Crippen molar-refractivity contribution in [2.45, 2.75) is 6.92 Å². The molecule has 0 bridgehead atoms. The largest absolute Gasteiger partial charge is 0.506 e. The lowest BCUT2D eigenvalue weighted by molar-refractivity contribution is 0.0977. The molecule has 1 aliphatic carbocycles. The smallest absolute Gasteiger partial charge is 0.417 e. The summed E-state index contributed by atoms with van der Waals surface area (Å²) in [7, 11) is 0. The number of ether oxygens (including phenoxy) is 1. The van der Waals surface area contributed by atoms with Crippen LogP contribution in [0.2, 0.25) is 0 Å². The van der Waals surface area contributed by atoms with Gasteiger partial charge in [0.25, 0.3) is 0 Å². The lowest BCUT2D eigenvalue weighted by Crippen LogP contribution is -2.21. The number of nitrogens with one attached hydrogen (secondary N) is 1. The van der Waals surface area contributed by atoms with Crippen LogP contribution in [0.4, 0.5) is 10.5 Å². The molecule has 4 N–H and O–H groups in total. The van der Waals surface area contributed by atoms with Crippen molar-refractivity contribution in [1.29, 1.82) is 0 Å². The predicted molar refractivity (Wildman–Crippen MR) is 123 cm³/mol. The van der Waals surface area contributed by atoms with Gasteiger partial charge in [0, 0.05) is 27.9 Å². The third-order valence-electron chi connectivity index (χ3n) is 5.83. The molecule has 0 atom stereocenters. The van der Waals surface area contributed by atoms with Crippen molar-refractivity contribution in [2.75, 3.05) is 5.32 Å². The molecule has 0 heterocycles. The van der Waals surface area contributed by atoms with Gasteiger partial charge in [0.1, 0.15) is 5.75 Å². The molecule has 8 nitrogen and oxygen atoms in total. The summed E-state index contributed by atoms with van der Waals surface area (Å²) in [6, 6.07) is 15.9. The van der Waals surface area contributed by atoms with Gasteiger partial charge in [-0.25, -0.2) is 4.79 Å². The van der Waals surface area contributed by atoms with Crippen LogP contribution in [0, 0.1) is 6.92 Å². The first-order chi connectivity index (χ1) is 16.3. The molecule has 168 valence electrons. The summed E-state index contributed by atoms with van der Waals surface area (Å²) in [6.07, 6.45) is -0.992. The second-order valence-corrected chi connectivity index (χ2v) is 7.81. The number of para-hydroxylation sites is 1. The number of aryl methyl sites for hydroxylation is 1. The molecule has 0 fully saturated rings. The van der Waals surface area contributed by atoms with Gasteiger partial charge in [0.2, 0.25) is 5.75 Å². The van der Waals surface area contributed by atoms with Gasteiger partial charge in [0.05, 0.1) is 10.9 Å². The van der Waals surface area contributed by atoms with Gasteiger partial charge in [-0.3, -0.25) is 14.9 Å². The number of phenolic OH excluding ortho intramolecular Hbond substituents is 3. The fourth-order valence-corrected chi connectivity index (χ4v) is 4.15. The zero-order chi connectivity index (χ0) is 24.1. The van der Waals surface area contributed by atoms with Crippen LogP contribution in [0.5, 0.6) is 23.0 Å². The average Bonchev–Trinajstić information content (AvgIpc) is 2.84. The van der Waals surface area contributed by atoms with Crippen molar-refractivity contribution >= 4 is 34.1 Å². The van der Waals surface area contributed by atoms with Crippen LogP contribution in [0.25, 0.3) is 10.8 Å². The summed E-state index contributed by atoms with van der Waals surface area (Å²) in [5.41, 5.74) is 0.560. The minimum Gasteiger partial charge on any atom is -0.506 e. The first-order valence-electron chi connectivity index (χ1n) is 10.3. The van der Waals surface area contributed by atoms with Crippen molar-refractivity contribution in [3.8, 4) is 23.0 Å². The summed E-state index contributed by atoms with van der Waals surface area (Å²) < 4.78 is 5.16. The summed E-state index contributed by atoms with van der Waals surface area (Å²) in [6.45, 7) is 1.47. The Morgan fingerprint density at radius 2 is 1.41 bits per heavy atom. The number of rotatable bonds is 2. The highest BCUT2D eigenvalue weighted by Crippen LogP contribution is 2.51. The SMILES string of the molecule is Cc1c(O)c(OC(=O)Nc2ccccc2)c(O)c2c(O)c3c(cc12)C(=O)c1ccccc1C3=O. The quantitative estimate of drug-likeness (QED) is 0.304. The first kappa shape index (κ1) is 21.0. The van der Waals surface area contributed by atoms with Crippen LogP contribution in [0.1, 0.15) is 37.4 Å². The molecule has 4 aromatic carbocycles. The highest BCUT2D eigenvalue weighted by atomic mass is 16.6. The molecule has 0 radical (unpaired) electrons. The number of hydrogen-bond donors (Lipinski definition) is 4. The van der Waals surface area contributed by atoms with Crippen LogP contribution in [-0.4, -0.2) is 33.0 Å². The molecule has 8 heteroatoms. The number of anilines is 1. The normalized spacial score (nSPS) is 12.3. The average molecular weight is 455 g/mol. The maximum atomic E-state index is 13.1. The van der Waals surface area contributed by atoms with Crippen LogP contribution in [-0.2, 0) is 0 Å². The Balaban J connectivity index is 1.67. The van der Waals surface area contributed by atoms with E-state index in [1.54, 1.807) is 42.5 Å². The number of fused-ring (bicyclic) bond motifs is 3. The van der Waals surface area contributed by atoms with E-state index in [9.17, 15) is 29.7 Å². The Hall–Kier alpha value is -4.85. The van der Waals surface area contributed by atoms with Gasteiger partial charge < -0.3 is 20.1 Å². The van der Waals surface area contributed by atoms with Gasteiger partial charge in [-0.1, -0.05) is 42.5 Å². The van der Waals surface area contributed by atoms with E-state index in [4.69, 9.17) is 4.74 Å². The molecule has 0 aromatic heterocycles. The van der Waals surface area contributed by atoms with E-state index >= 15 is 0 Å². The molecule has 5 rings (SSSR count). The van der Waals surface area contributed by atoms with Crippen molar-refractivity contribution < 1.29 is 34.4 Å². The molecule has 0 spiro atoms. The molecule has 0 unspecified atom stereocenters. The Kier molecular flexibility index (Phi) is 4.72. The van der Waals surface area contributed by atoms with Crippen LogP contribution in [0.15, 0.2) is 60.7 Å². The molecule has 34 heavy (non-hydrogen) atoms. The topological polar surface area (TPSA) is 133 Å². The summed E-state index contributed by atoms with van der Waals surface area (Å²) in [4.78, 5) is 38.5. The predicted octanol–water partition coefficient (Wildman–Crippen LogP) is 4.65. The van der Waals surface area contributed by atoms with E-state index in [1.807, 2.05) is 0 Å². The van der Waals surface area contributed by atoms with Crippen LogP contribution >= 0.6 is 0 Å². The van der Waals surface area contributed by atoms with Crippen molar-refractivity contribution in [3.63, 3.8) is 0 Å². The Labute approximate surface area is 192 Å². The van der Waals surface area contributed by atoms with E-state index in [-0.39, 0.29) is 38.6 Å². The van der Waals surface area contributed by atoms with Crippen molar-refractivity contribution in [2.24, 2.45) is 0 Å². The van der Waals surface area contributed by atoms with Gasteiger partial charge >= 0.3 is 6.09 Å². The van der Waals surface area contributed by atoms with Gasteiger partial charge in [-0.05, 0) is 30.5 Å². The number of aromatic hydroxyl groups is 3. The highest BCUT2D eigenvalue weighted by molar-refractivity contribution is 6.31. The fraction of sp³-hybridized carbons (Fsp3) is 0.0385. The monoisotopic (exact) mass is 455 g/mol. The second kappa shape index (κ2) is 7.63. The number of carbonyl (C=O) groups is 3. The molecular weight excluding hydrogens is 438 g/mol. The zero-order valence-electron chi connectivity index (χ0n) is 17.7. The van der Waals surface area contributed by atoms with E-state index in [0.29, 0.717) is 5.69 Å². The molecular formula is C26H17NO7. The van der Waals surface area contributed by atoms with Gasteiger partial charge in [0.15, 0.2) is 23.1 Å². The lowest BCUT2D eigenvalue weighted by Gasteiger charge is -2.21. The number of benzene rings is 4. The Bertz CT molecular complexity index is 1540. The van der Waals surface area contributed by atoms with E-state index in [0.717, 1.165) is 0 Å². The molecule has 1 amide bonds. The Morgan fingerprint density at radius 1 is 0.794 bits per heavy atom. The van der Waals surface area contributed by atoms with E-state index in [2.05, 4.69) is 5.32 Å². The molecule has 0 saturated carbocycles. The summed E-state index contributed by atoms with van der Waals surface area (Å²) in [5.74, 6) is -3.59. The second-order valence-electron chi connectivity index (χ2n) is 7.81. The maximum Gasteiger partial charge on any atom is 0.417 e. The molecule has 1 aliphatic rings. The minimum absolute atomic E-state index is 0.0499. The lowest BCUT2D eigenvalue weighted by atomic mass is 9.81. The van der Waals surface area contributed by atoms with Crippen molar-refractivity contribution in [1.82, 2.24) is 0 Å². The summed E-state index contributed by atoms with van der Waals surface area (Å²) >= 11 is 0. The number of carbonyl (C=O) groups excluding carboxylic acids is 3. The number of hydrogen-bond acceptors (Lipinski definition) is 7.